The number of rotatable bonds is 2. The molecule has 3 aromatic rings. The number of hydrogen-bond donors (Lipinski definition) is 2. The minimum Gasteiger partial charge on any atom is -0.282 e. The first-order valence-corrected chi connectivity index (χ1v) is 9.45. The van der Waals surface area contributed by atoms with Crippen LogP contribution in [0.2, 0.25) is 5.02 Å². The van der Waals surface area contributed by atoms with E-state index in [0.29, 0.717) is 10.8 Å². The van der Waals surface area contributed by atoms with Gasteiger partial charge in [-0.05, 0) is 34.4 Å². The summed E-state index contributed by atoms with van der Waals surface area (Å²) in [6.45, 7) is 0. The van der Waals surface area contributed by atoms with E-state index in [-0.39, 0.29) is 5.39 Å². The quantitative estimate of drug-likeness (QED) is 0.528. The molecule has 0 radical (unpaired) electrons. The third kappa shape index (κ3) is 2.79. The van der Waals surface area contributed by atoms with Gasteiger partial charge in [0.2, 0.25) is 0 Å². The van der Waals surface area contributed by atoms with E-state index in [0.717, 1.165) is 5.39 Å². The van der Waals surface area contributed by atoms with Gasteiger partial charge >= 0.3 is 0 Å². The summed E-state index contributed by atoms with van der Waals surface area (Å²) in [4.78, 5) is -1.97. The summed E-state index contributed by atoms with van der Waals surface area (Å²) in [6.07, 6.45) is 0. The predicted octanol–water partition coefficient (Wildman–Crippen LogP) is 3.14. The molecule has 9 heteroatoms. The van der Waals surface area contributed by atoms with Crippen molar-refractivity contribution in [3.05, 3.63) is 47.5 Å². The Balaban J connectivity index is 2.66. The Hall–Kier alpha value is -1.71. The fraction of sp³-hybridized carbons (Fsp3) is 0. The monoisotopic (exact) mass is 372 g/mol. The van der Waals surface area contributed by atoms with Gasteiger partial charge < -0.3 is 0 Å². The first-order valence-electron chi connectivity index (χ1n) is 6.19. The lowest BCUT2D eigenvalue weighted by molar-refractivity contribution is 0.468. The van der Waals surface area contributed by atoms with Crippen molar-refractivity contribution >= 4 is 53.4 Å². The van der Waals surface area contributed by atoms with E-state index in [1.54, 1.807) is 30.3 Å². The number of benzene rings is 3. The van der Waals surface area contributed by atoms with Crippen LogP contribution in [0.5, 0.6) is 0 Å². The first-order chi connectivity index (χ1) is 10.6. The Labute approximate surface area is 136 Å². The summed E-state index contributed by atoms with van der Waals surface area (Å²) >= 11 is 5.84. The standard InChI is InChI=1S/C14H9ClO6S2/c15-12-7-10-5-8-3-1-2-4-9(8)6-11(10)13(22(16,17)18)14(12)23(19,20)21/h1-7H,(H,16,17,18)(H,19,20,21). The summed E-state index contributed by atoms with van der Waals surface area (Å²) in [5.74, 6) is 0. The van der Waals surface area contributed by atoms with Crippen LogP contribution in [-0.4, -0.2) is 25.9 Å². The van der Waals surface area contributed by atoms with Crippen LogP contribution in [0.25, 0.3) is 21.5 Å². The molecule has 3 aromatic carbocycles. The second kappa shape index (κ2) is 5.15. The zero-order valence-corrected chi connectivity index (χ0v) is 13.7. The fourth-order valence-corrected chi connectivity index (χ4v) is 5.14. The largest absolute Gasteiger partial charge is 0.297 e. The van der Waals surface area contributed by atoms with Crippen LogP contribution >= 0.6 is 11.6 Å². The smallest absolute Gasteiger partial charge is 0.282 e. The summed E-state index contributed by atoms with van der Waals surface area (Å²) in [5.41, 5.74) is 0. The Bertz CT molecular complexity index is 1170. The molecule has 120 valence electrons. The van der Waals surface area contributed by atoms with Crippen molar-refractivity contribution in [1.82, 2.24) is 0 Å². The number of hydrogen-bond acceptors (Lipinski definition) is 4. The van der Waals surface area contributed by atoms with Gasteiger partial charge in [-0.15, -0.1) is 0 Å². The van der Waals surface area contributed by atoms with Crippen molar-refractivity contribution in [3.63, 3.8) is 0 Å². The first kappa shape index (κ1) is 16.2. The van der Waals surface area contributed by atoms with E-state index in [9.17, 15) is 25.9 Å². The van der Waals surface area contributed by atoms with E-state index in [1.807, 2.05) is 0 Å². The van der Waals surface area contributed by atoms with Crippen molar-refractivity contribution in [2.24, 2.45) is 0 Å². The Morgan fingerprint density at radius 1 is 0.739 bits per heavy atom. The molecule has 0 heterocycles. The maximum Gasteiger partial charge on any atom is 0.297 e. The average Bonchev–Trinajstić information content (AvgIpc) is 2.41. The molecule has 0 aromatic heterocycles. The molecule has 6 nitrogen and oxygen atoms in total. The lowest BCUT2D eigenvalue weighted by atomic mass is 10.0. The molecule has 3 rings (SSSR count). The summed E-state index contributed by atoms with van der Waals surface area (Å²) in [5, 5.41) is 1.17. The van der Waals surface area contributed by atoms with Gasteiger partial charge in [-0.3, -0.25) is 9.11 Å². The maximum atomic E-state index is 11.7. The van der Waals surface area contributed by atoms with Crippen molar-refractivity contribution in [3.8, 4) is 0 Å². The second-order valence-electron chi connectivity index (χ2n) is 4.89. The SMILES string of the molecule is O=S(=O)(O)c1c(Cl)cc2cc3ccccc3cc2c1S(=O)(=O)O. The zero-order valence-electron chi connectivity index (χ0n) is 11.3. The molecule has 0 saturated carbocycles. The molecular formula is C14H9ClO6S2. The van der Waals surface area contributed by atoms with Gasteiger partial charge in [0.15, 0.2) is 0 Å². The molecule has 0 bridgehead atoms. The number of halogens is 1. The highest BCUT2D eigenvalue weighted by atomic mass is 35.5. The predicted molar refractivity (Wildman–Crippen MR) is 86.1 cm³/mol. The van der Waals surface area contributed by atoms with Crippen LogP contribution in [-0.2, 0) is 20.2 Å². The molecule has 0 unspecified atom stereocenters. The average molecular weight is 373 g/mol. The zero-order chi connectivity index (χ0) is 17.0. The molecule has 23 heavy (non-hydrogen) atoms. The van der Waals surface area contributed by atoms with E-state index in [2.05, 4.69) is 0 Å². The Morgan fingerprint density at radius 2 is 1.26 bits per heavy atom. The fourth-order valence-electron chi connectivity index (χ4n) is 2.50. The molecule has 0 aliphatic heterocycles. The second-order valence-corrected chi connectivity index (χ2v) is 8.01. The van der Waals surface area contributed by atoms with E-state index in [4.69, 9.17) is 11.6 Å². The van der Waals surface area contributed by atoms with Crippen LogP contribution in [0, 0.1) is 0 Å². The van der Waals surface area contributed by atoms with Crippen LogP contribution < -0.4 is 0 Å². The van der Waals surface area contributed by atoms with Crippen LogP contribution in [0.1, 0.15) is 0 Å². The van der Waals surface area contributed by atoms with Gasteiger partial charge in [0.1, 0.15) is 9.79 Å². The minimum atomic E-state index is -4.96. The lowest BCUT2D eigenvalue weighted by Gasteiger charge is -2.12. The van der Waals surface area contributed by atoms with Gasteiger partial charge in [0.25, 0.3) is 20.2 Å². The van der Waals surface area contributed by atoms with Gasteiger partial charge in [-0.2, -0.15) is 16.8 Å². The Morgan fingerprint density at radius 3 is 1.78 bits per heavy atom. The van der Waals surface area contributed by atoms with Crippen LogP contribution in [0.15, 0.2) is 52.3 Å². The maximum absolute atomic E-state index is 11.7. The molecule has 0 aliphatic carbocycles. The highest BCUT2D eigenvalue weighted by Crippen LogP contribution is 2.37. The molecule has 0 fully saturated rings. The van der Waals surface area contributed by atoms with E-state index < -0.39 is 35.0 Å². The van der Waals surface area contributed by atoms with Crippen LogP contribution in [0.3, 0.4) is 0 Å². The van der Waals surface area contributed by atoms with Gasteiger partial charge in [0.05, 0.1) is 5.02 Å². The molecule has 0 saturated heterocycles. The van der Waals surface area contributed by atoms with Gasteiger partial charge in [-0.25, -0.2) is 0 Å². The highest BCUT2D eigenvalue weighted by molar-refractivity contribution is 7.89. The van der Waals surface area contributed by atoms with Gasteiger partial charge in [0, 0.05) is 5.39 Å². The van der Waals surface area contributed by atoms with Crippen molar-refractivity contribution in [2.75, 3.05) is 0 Å². The topological polar surface area (TPSA) is 109 Å². The normalized spacial score (nSPS) is 12.8. The molecule has 0 aliphatic rings. The minimum absolute atomic E-state index is 0.0526. The van der Waals surface area contributed by atoms with Crippen molar-refractivity contribution in [2.45, 2.75) is 9.79 Å². The molecule has 0 amide bonds. The highest BCUT2D eigenvalue weighted by Gasteiger charge is 2.30. The molecule has 0 spiro atoms. The summed E-state index contributed by atoms with van der Waals surface area (Å²) in [7, 11) is -9.92. The van der Waals surface area contributed by atoms with E-state index >= 15 is 0 Å². The summed E-state index contributed by atoms with van der Waals surface area (Å²) < 4.78 is 65.3. The van der Waals surface area contributed by atoms with Crippen molar-refractivity contribution in [1.29, 1.82) is 0 Å². The molecular weight excluding hydrogens is 364 g/mol. The van der Waals surface area contributed by atoms with Crippen LogP contribution in [0.4, 0.5) is 0 Å². The molecule has 2 N–H and O–H groups in total. The third-order valence-electron chi connectivity index (χ3n) is 3.38. The van der Waals surface area contributed by atoms with Crippen molar-refractivity contribution < 1.29 is 25.9 Å². The Kier molecular flexibility index (Phi) is 3.62. The molecule has 0 atom stereocenters. The lowest BCUT2D eigenvalue weighted by Crippen LogP contribution is -2.10. The van der Waals surface area contributed by atoms with Gasteiger partial charge in [-0.1, -0.05) is 35.9 Å². The third-order valence-corrected chi connectivity index (χ3v) is 5.80. The van der Waals surface area contributed by atoms with E-state index in [1.165, 1.54) is 12.1 Å². The summed E-state index contributed by atoms with van der Waals surface area (Å²) in [6, 6.07) is 11.2. The number of fused-ring (bicyclic) bond motifs is 2.